The van der Waals surface area contributed by atoms with Crippen molar-refractivity contribution in [3.05, 3.63) is 29.8 Å². The van der Waals surface area contributed by atoms with E-state index in [0.29, 0.717) is 12.5 Å². The van der Waals surface area contributed by atoms with Gasteiger partial charge in [-0.05, 0) is 37.4 Å². The van der Waals surface area contributed by atoms with Crippen LogP contribution >= 0.6 is 0 Å². The number of rotatable bonds is 7. The molecule has 0 spiro atoms. The third-order valence-electron chi connectivity index (χ3n) is 4.87. The van der Waals surface area contributed by atoms with Crippen molar-refractivity contribution in [2.24, 2.45) is 5.92 Å². The predicted octanol–water partition coefficient (Wildman–Crippen LogP) is 2.92. The van der Waals surface area contributed by atoms with E-state index in [-0.39, 0.29) is 25.0 Å². The Morgan fingerprint density at radius 2 is 1.73 bits per heavy atom. The molecule has 1 saturated carbocycles. The van der Waals surface area contributed by atoms with E-state index in [1.54, 1.807) is 4.90 Å². The van der Waals surface area contributed by atoms with Crippen molar-refractivity contribution in [3.8, 4) is 0 Å². The molecule has 5 nitrogen and oxygen atoms in total. The number of hydrogen-bond acceptors (Lipinski definition) is 3. The molecular formula is C19H27F2N3O2. The van der Waals surface area contributed by atoms with Crippen LogP contribution in [0.1, 0.15) is 39.5 Å². The number of carbonyl (C=O) groups is 2. The van der Waals surface area contributed by atoms with Gasteiger partial charge in [-0.3, -0.25) is 14.5 Å². The molecule has 1 aromatic carbocycles. The first-order valence-corrected chi connectivity index (χ1v) is 9.16. The second-order valence-electron chi connectivity index (χ2n) is 6.88. The van der Waals surface area contributed by atoms with Crippen molar-refractivity contribution in [2.75, 3.05) is 25.0 Å². The maximum Gasteiger partial charge on any atom is 0.238 e. The van der Waals surface area contributed by atoms with Crippen molar-refractivity contribution >= 4 is 17.5 Å². The third-order valence-corrected chi connectivity index (χ3v) is 4.87. The Bertz CT molecular complexity index is 619. The zero-order chi connectivity index (χ0) is 19.1. The number of amides is 2. The van der Waals surface area contributed by atoms with E-state index in [9.17, 15) is 18.4 Å². The van der Waals surface area contributed by atoms with Crippen molar-refractivity contribution in [3.63, 3.8) is 0 Å². The molecule has 2 atom stereocenters. The zero-order valence-electron chi connectivity index (χ0n) is 15.4. The van der Waals surface area contributed by atoms with Gasteiger partial charge in [0.1, 0.15) is 17.3 Å². The van der Waals surface area contributed by atoms with Crippen molar-refractivity contribution in [2.45, 2.75) is 45.6 Å². The predicted molar refractivity (Wildman–Crippen MR) is 96.7 cm³/mol. The lowest BCUT2D eigenvalue weighted by Gasteiger charge is -2.30. The highest BCUT2D eigenvalue weighted by atomic mass is 19.1. The maximum absolute atomic E-state index is 13.6. The number of carbonyl (C=O) groups excluding carboxylic acids is 2. The Morgan fingerprint density at radius 3 is 2.35 bits per heavy atom. The molecule has 2 rings (SSSR count). The summed E-state index contributed by atoms with van der Waals surface area (Å²) in [5.41, 5.74) is -0.464. The Balaban J connectivity index is 1.86. The summed E-state index contributed by atoms with van der Waals surface area (Å²) in [4.78, 5) is 26.0. The van der Waals surface area contributed by atoms with Gasteiger partial charge < -0.3 is 10.6 Å². The number of halogens is 2. The zero-order valence-corrected chi connectivity index (χ0v) is 15.4. The number of likely N-dealkylation sites (N-methyl/N-ethyl adjacent to an activating group) is 1. The Labute approximate surface area is 153 Å². The Hall–Kier alpha value is -2.02. The van der Waals surface area contributed by atoms with Gasteiger partial charge >= 0.3 is 0 Å². The van der Waals surface area contributed by atoms with Crippen LogP contribution in [0.25, 0.3) is 0 Å². The van der Waals surface area contributed by atoms with Crippen molar-refractivity contribution in [1.82, 2.24) is 10.2 Å². The lowest BCUT2D eigenvalue weighted by atomic mass is 9.86. The van der Waals surface area contributed by atoms with Gasteiger partial charge in [0.15, 0.2) is 0 Å². The number of para-hydroxylation sites is 1. The molecule has 2 N–H and O–H groups in total. The second-order valence-corrected chi connectivity index (χ2v) is 6.88. The van der Waals surface area contributed by atoms with Crippen LogP contribution in [0.5, 0.6) is 0 Å². The molecule has 1 aromatic rings. The molecule has 0 unspecified atom stereocenters. The van der Waals surface area contributed by atoms with Gasteiger partial charge in [-0.2, -0.15) is 0 Å². The second kappa shape index (κ2) is 9.62. The van der Waals surface area contributed by atoms with E-state index in [1.165, 1.54) is 12.5 Å². The summed E-state index contributed by atoms with van der Waals surface area (Å²) >= 11 is 0. The molecular weight excluding hydrogens is 340 g/mol. The summed E-state index contributed by atoms with van der Waals surface area (Å²) in [5.74, 6) is -1.89. The van der Waals surface area contributed by atoms with Gasteiger partial charge in [-0.1, -0.05) is 32.8 Å². The first-order valence-electron chi connectivity index (χ1n) is 9.16. The minimum absolute atomic E-state index is 0.0763. The van der Waals surface area contributed by atoms with Crippen LogP contribution in [0.3, 0.4) is 0 Å². The molecule has 1 aliphatic carbocycles. The molecule has 0 bridgehead atoms. The SMILES string of the molecule is CCN(CC(=O)Nc1c(F)cccc1F)CC(=O)N[C@H]1CCCC[C@@H]1C. The molecule has 0 saturated heterocycles. The number of benzene rings is 1. The van der Waals surface area contributed by atoms with Gasteiger partial charge in [-0.15, -0.1) is 0 Å². The fourth-order valence-corrected chi connectivity index (χ4v) is 3.26. The lowest BCUT2D eigenvalue weighted by Crippen LogP contribution is -2.47. The number of nitrogens with zero attached hydrogens (tertiary/aromatic N) is 1. The molecule has 0 heterocycles. The van der Waals surface area contributed by atoms with Crippen molar-refractivity contribution in [1.29, 1.82) is 0 Å². The average Bonchev–Trinajstić information content (AvgIpc) is 2.59. The van der Waals surface area contributed by atoms with Crippen LogP contribution in [0.4, 0.5) is 14.5 Å². The summed E-state index contributed by atoms with van der Waals surface area (Å²) in [7, 11) is 0. The highest BCUT2D eigenvalue weighted by Gasteiger charge is 2.24. The third kappa shape index (κ3) is 5.76. The molecule has 144 valence electrons. The summed E-state index contributed by atoms with van der Waals surface area (Å²) in [6.07, 6.45) is 4.40. The fraction of sp³-hybridized carbons (Fsp3) is 0.579. The standard InChI is InChI=1S/C19H27F2N3O2/c1-3-24(11-17(25)22-16-10-5-4-7-13(16)2)12-18(26)23-19-14(20)8-6-9-15(19)21/h6,8-9,13,16H,3-5,7,10-12H2,1-2H3,(H,22,25)(H,23,26)/t13-,16-/m0/s1. The van der Waals surface area contributed by atoms with E-state index in [4.69, 9.17) is 0 Å². The van der Waals surface area contributed by atoms with Gasteiger partial charge in [-0.25, -0.2) is 8.78 Å². The van der Waals surface area contributed by atoms with Crippen LogP contribution in [-0.4, -0.2) is 42.4 Å². The first-order chi connectivity index (χ1) is 12.4. The van der Waals surface area contributed by atoms with E-state index >= 15 is 0 Å². The first kappa shape index (κ1) is 20.3. The van der Waals surface area contributed by atoms with E-state index in [1.807, 2.05) is 6.92 Å². The highest BCUT2D eigenvalue weighted by molar-refractivity contribution is 5.92. The Kier molecular flexibility index (Phi) is 7.50. The molecule has 0 radical (unpaired) electrons. The van der Waals surface area contributed by atoms with Gasteiger partial charge in [0.05, 0.1) is 13.1 Å². The van der Waals surface area contributed by atoms with Gasteiger partial charge in [0, 0.05) is 6.04 Å². The number of anilines is 1. The fourth-order valence-electron chi connectivity index (χ4n) is 3.26. The molecule has 1 fully saturated rings. The number of nitrogens with one attached hydrogen (secondary N) is 2. The lowest BCUT2D eigenvalue weighted by molar-refractivity contribution is -0.124. The summed E-state index contributed by atoms with van der Waals surface area (Å²) in [5, 5.41) is 5.28. The van der Waals surface area contributed by atoms with Crippen LogP contribution in [0.15, 0.2) is 18.2 Å². The van der Waals surface area contributed by atoms with E-state index in [0.717, 1.165) is 31.4 Å². The van der Waals surface area contributed by atoms with Crippen LogP contribution < -0.4 is 10.6 Å². The van der Waals surface area contributed by atoms with Gasteiger partial charge in [0.25, 0.3) is 0 Å². The topological polar surface area (TPSA) is 61.4 Å². The maximum atomic E-state index is 13.6. The monoisotopic (exact) mass is 367 g/mol. The largest absolute Gasteiger partial charge is 0.352 e. The smallest absolute Gasteiger partial charge is 0.238 e. The molecule has 7 heteroatoms. The van der Waals surface area contributed by atoms with Crippen LogP contribution in [0.2, 0.25) is 0 Å². The average molecular weight is 367 g/mol. The summed E-state index contributed by atoms with van der Waals surface area (Å²) < 4.78 is 27.2. The Morgan fingerprint density at radius 1 is 1.12 bits per heavy atom. The summed E-state index contributed by atoms with van der Waals surface area (Å²) in [6, 6.07) is 3.57. The quantitative estimate of drug-likeness (QED) is 0.779. The minimum Gasteiger partial charge on any atom is -0.352 e. The highest BCUT2D eigenvalue weighted by Crippen LogP contribution is 2.23. The molecule has 26 heavy (non-hydrogen) atoms. The number of hydrogen-bond donors (Lipinski definition) is 2. The minimum atomic E-state index is -0.828. The van der Waals surface area contributed by atoms with Crippen molar-refractivity contribution < 1.29 is 18.4 Å². The molecule has 0 aliphatic heterocycles. The molecule has 0 aromatic heterocycles. The molecule has 1 aliphatic rings. The molecule has 2 amide bonds. The van der Waals surface area contributed by atoms with Crippen LogP contribution in [0, 0.1) is 17.6 Å². The summed E-state index contributed by atoms with van der Waals surface area (Å²) in [6.45, 7) is 4.40. The van der Waals surface area contributed by atoms with E-state index < -0.39 is 23.2 Å². The normalized spacial score (nSPS) is 20.0. The van der Waals surface area contributed by atoms with Crippen LogP contribution in [-0.2, 0) is 9.59 Å². The van der Waals surface area contributed by atoms with E-state index in [2.05, 4.69) is 17.6 Å². The van der Waals surface area contributed by atoms with Gasteiger partial charge in [0.2, 0.25) is 11.8 Å².